The molecule has 0 saturated heterocycles. The maximum atomic E-state index is 9.71. The summed E-state index contributed by atoms with van der Waals surface area (Å²) in [5.41, 5.74) is 6.78. The first-order chi connectivity index (χ1) is 7.63. The number of nitrogens with two attached hydrogens (primary N) is 1. The number of benzene rings is 1. The molecule has 0 bridgehead atoms. The highest BCUT2D eigenvalue weighted by atomic mass is 35.5. The summed E-state index contributed by atoms with van der Waals surface area (Å²) < 4.78 is 10.1. The van der Waals surface area contributed by atoms with E-state index in [0.29, 0.717) is 17.9 Å². The Morgan fingerprint density at radius 3 is 2.18 bits per heavy atom. The van der Waals surface area contributed by atoms with Gasteiger partial charge in [0.2, 0.25) is 5.75 Å². The molecule has 1 atom stereocenters. The van der Waals surface area contributed by atoms with Gasteiger partial charge in [0.1, 0.15) is 0 Å². The van der Waals surface area contributed by atoms with Crippen LogP contribution in [-0.2, 0) is 0 Å². The van der Waals surface area contributed by atoms with Crippen LogP contribution in [0.25, 0.3) is 0 Å². The van der Waals surface area contributed by atoms with Crippen molar-refractivity contribution in [3.8, 4) is 17.2 Å². The van der Waals surface area contributed by atoms with Crippen molar-refractivity contribution in [3.63, 3.8) is 0 Å². The highest BCUT2D eigenvalue weighted by molar-refractivity contribution is 5.85. The Labute approximate surface area is 107 Å². The lowest BCUT2D eigenvalue weighted by atomic mass is 10.0. The predicted octanol–water partition coefficient (Wildman–Crippen LogP) is 2.41. The van der Waals surface area contributed by atoms with Gasteiger partial charge in [0, 0.05) is 6.04 Å². The van der Waals surface area contributed by atoms with E-state index in [1.54, 1.807) is 18.2 Å². The van der Waals surface area contributed by atoms with Gasteiger partial charge in [0.05, 0.1) is 14.2 Å². The van der Waals surface area contributed by atoms with E-state index in [0.717, 1.165) is 5.56 Å². The average molecular weight is 260 g/mol. The van der Waals surface area contributed by atoms with Gasteiger partial charge in [-0.1, -0.05) is 6.08 Å². The van der Waals surface area contributed by atoms with Crippen molar-refractivity contribution in [2.45, 2.75) is 12.5 Å². The fourth-order valence-electron chi connectivity index (χ4n) is 1.44. The van der Waals surface area contributed by atoms with Gasteiger partial charge in [-0.2, -0.15) is 0 Å². The van der Waals surface area contributed by atoms with E-state index in [1.807, 2.05) is 0 Å². The minimum atomic E-state index is -0.180. The molecular formula is C12H18ClNO3. The minimum Gasteiger partial charge on any atom is -0.502 e. The molecule has 17 heavy (non-hydrogen) atoms. The van der Waals surface area contributed by atoms with Crippen LogP contribution >= 0.6 is 12.4 Å². The lowest BCUT2D eigenvalue weighted by Gasteiger charge is -2.14. The Morgan fingerprint density at radius 1 is 1.35 bits per heavy atom. The first-order valence-corrected chi connectivity index (χ1v) is 4.95. The molecule has 0 aliphatic carbocycles. The Bertz CT molecular complexity index is 357. The highest BCUT2D eigenvalue weighted by Crippen LogP contribution is 2.38. The van der Waals surface area contributed by atoms with Gasteiger partial charge in [-0.05, 0) is 24.1 Å². The third-order valence-corrected chi connectivity index (χ3v) is 2.35. The maximum absolute atomic E-state index is 9.71. The topological polar surface area (TPSA) is 64.7 Å². The van der Waals surface area contributed by atoms with Crippen LogP contribution < -0.4 is 15.2 Å². The van der Waals surface area contributed by atoms with Crippen molar-refractivity contribution < 1.29 is 14.6 Å². The van der Waals surface area contributed by atoms with Crippen LogP contribution in [0, 0.1) is 0 Å². The predicted molar refractivity (Wildman–Crippen MR) is 70.2 cm³/mol. The van der Waals surface area contributed by atoms with Crippen LogP contribution in [0.5, 0.6) is 17.2 Å². The lowest BCUT2D eigenvalue weighted by molar-refractivity contribution is 0.338. The molecule has 4 nitrogen and oxygen atoms in total. The first kappa shape index (κ1) is 15.6. The second-order valence-corrected chi connectivity index (χ2v) is 3.40. The zero-order valence-corrected chi connectivity index (χ0v) is 10.8. The standard InChI is InChI=1S/C12H17NO3.ClH/c1-4-5-9(13)8-6-10(15-2)12(14)11(7-8)16-3;/h4,6-7,9,14H,1,5,13H2,2-3H3;1H/t9-;/m0./s1. The normalized spacial score (nSPS) is 11.2. The monoisotopic (exact) mass is 259 g/mol. The molecule has 5 heteroatoms. The van der Waals surface area contributed by atoms with E-state index >= 15 is 0 Å². The van der Waals surface area contributed by atoms with E-state index in [4.69, 9.17) is 15.2 Å². The van der Waals surface area contributed by atoms with Gasteiger partial charge in [-0.25, -0.2) is 0 Å². The van der Waals surface area contributed by atoms with E-state index < -0.39 is 0 Å². The van der Waals surface area contributed by atoms with Crippen LogP contribution in [0.1, 0.15) is 18.0 Å². The number of aromatic hydroxyl groups is 1. The molecule has 0 heterocycles. The smallest absolute Gasteiger partial charge is 0.200 e. The second-order valence-electron chi connectivity index (χ2n) is 3.40. The molecule has 1 aromatic carbocycles. The summed E-state index contributed by atoms with van der Waals surface area (Å²) in [6.45, 7) is 3.64. The second kappa shape index (κ2) is 7.04. The van der Waals surface area contributed by atoms with Gasteiger partial charge in [0.25, 0.3) is 0 Å². The van der Waals surface area contributed by atoms with E-state index in [-0.39, 0.29) is 24.2 Å². The maximum Gasteiger partial charge on any atom is 0.200 e. The van der Waals surface area contributed by atoms with Gasteiger partial charge < -0.3 is 20.3 Å². The quantitative estimate of drug-likeness (QED) is 0.797. The largest absolute Gasteiger partial charge is 0.502 e. The minimum absolute atomic E-state index is 0. The molecule has 0 spiro atoms. The van der Waals surface area contributed by atoms with E-state index in [2.05, 4.69) is 6.58 Å². The number of ether oxygens (including phenoxy) is 2. The Balaban J connectivity index is 0.00000256. The third-order valence-electron chi connectivity index (χ3n) is 2.35. The number of hydrogen-bond acceptors (Lipinski definition) is 4. The molecule has 0 radical (unpaired) electrons. The van der Waals surface area contributed by atoms with Gasteiger partial charge >= 0.3 is 0 Å². The highest BCUT2D eigenvalue weighted by Gasteiger charge is 2.14. The molecule has 0 fully saturated rings. The number of hydrogen-bond donors (Lipinski definition) is 2. The molecule has 0 aliphatic rings. The van der Waals surface area contributed by atoms with Crippen molar-refractivity contribution in [3.05, 3.63) is 30.4 Å². The fourth-order valence-corrected chi connectivity index (χ4v) is 1.44. The van der Waals surface area contributed by atoms with Gasteiger partial charge in [0.15, 0.2) is 11.5 Å². The van der Waals surface area contributed by atoms with Crippen molar-refractivity contribution in [2.24, 2.45) is 5.73 Å². The summed E-state index contributed by atoms with van der Waals surface area (Å²) in [5, 5.41) is 9.71. The number of halogens is 1. The molecule has 0 aliphatic heterocycles. The van der Waals surface area contributed by atoms with Crippen molar-refractivity contribution in [1.82, 2.24) is 0 Å². The van der Waals surface area contributed by atoms with E-state index in [1.165, 1.54) is 14.2 Å². The number of methoxy groups -OCH3 is 2. The van der Waals surface area contributed by atoms with Crippen molar-refractivity contribution in [2.75, 3.05) is 14.2 Å². The van der Waals surface area contributed by atoms with Crippen LogP contribution in [0.4, 0.5) is 0 Å². The van der Waals surface area contributed by atoms with Crippen molar-refractivity contribution >= 4 is 12.4 Å². The summed E-state index contributed by atoms with van der Waals surface area (Å²) in [6.07, 6.45) is 2.40. The third kappa shape index (κ3) is 3.54. The number of phenolic OH excluding ortho intramolecular Hbond substituents is 1. The van der Waals surface area contributed by atoms with Crippen LogP contribution in [0.3, 0.4) is 0 Å². The zero-order chi connectivity index (χ0) is 12.1. The SMILES string of the molecule is C=CC[C@H](N)c1cc(OC)c(O)c(OC)c1.Cl. The Hall–Kier alpha value is -1.39. The summed E-state index contributed by atoms with van der Waals surface area (Å²) in [6, 6.07) is 3.22. The summed E-state index contributed by atoms with van der Waals surface area (Å²) >= 11 is 0. The first-order valence-electron chi connectivity index (χ1n) is 4.95. The van der Waals surface area contributed by atoms with Crippen LogP contribution in [0.15, 0.2) is 24.8 Å². The Kier molecular flexibility index (Phi) is 6.46. The summed E-state index contributed by atoms with van der Waals surface area (Å²) in [4.78, 5) is 0. The van der Waals surface area contributed by atoms with Crippen molar-refractivity contribution in [1.29, 1.82) is 0 Å². The molecule has 0 aromatic heterocycles. The number of rotatable bonds is 5. The summed E-state index contributed by atoms with van der Waals surface area (Å²) in [5.74, 6) is 0.697. The molecule has 0 amide bonds. The van der Waals surface area contributed by atoms with Gasteiger partial charge in [-0.3, -0.25) is 0 Å². The number of phenols is 1. The average Bonchev–Trinajstić information content (AvgIpc) is 2.29. The lowest BCUT2D eigenvalue weighted by Crippen LogP contribution is -2.09. The fraction of sp³-hybridized carbons (Fsp3) is 0.333. The zero-order valence-electron chi connectivity index (χ0n) is 9.97. The molecule has 1 aromatic rings. The molecule has 96 valence electrons. The van der Waals surface area contributed by atoms with Crippen LogP contribution in [-0.4, -0.2) is 19.3 Å². The molecule has 0 saturated carbocycles. The summed E-state index contributed by atoms with van der Waals surface area (Å²) in [7, 11) is 2.97. The van der Waals surface area contributed by atoms with Crippen LogP contribution in [0.2, 0.25) is 0 Å². The molecule has 1 rings (SSSR count). The Morgan fingerprint density at radius 2 is 1.82 bits per heavy atom. The molecule has 3 N–H and O–H groups in total. The van der Waals surface area contributed by atoms with E-state index in [9.17, 15) is 5.11 Å². The molecular weight excluding hydrogens is 242 g/mol. The van der Waals surface area contributed by atoms with Gasteiger partial charge in [-0.15, -0.1) is 19.0 Å². The molecule has 0 unspecified atom stereocenters.